The van der Waals surface area contributed by atoms with Crippen molar-refractivity contribution >= 4 is 46.8 Å². The second-order valence-electron chi connectivity index (χ2n) is 10.9. The van der Waals surface area contributed by atoms with Crippen LogP contribution in [0.5, 0.6) is 0 Å². The molecule has 3 amide bonds. The summed E-state index contributed by atoms with van der Waals surface area (Å²) in [6.45, 7) is 10.3. The third-order valence-corrected chi connectivity index (χ3v) is 10.8. The lowest BCUT2D eigenvalue weighted by atomic mass is 9.70. The van der Waals surface area contributed by atoms with Gasteiger partial charge in [-0.15, -0.1) is 24.9 Å². The molecule has 9 heteroatoms. The minimum atomic E-state index is -0.836. The van der Waals surface area contributed by atoms with E-state index in [1.165, 1.54) is 4.90 Å². The maximum absolute atomic E-state index is 14.6. The van der Waals surface area contributed by atoms with Gasteiger partial charge in [-0.2, -0.15) is 0 Å². The smallest absolute Gasteiger partial charge is 0.251 e. The van der Waals surface area contributed by atoms with E-state index in [0.717, 1.165) is 17.5 Å². The fraction of sp³-hybridized carbons (Fsp3) is 0.406. The zero-order chi connectivity index (χ0) is 29.3. The molecule has 3 heterocycles. The summed E-state index contributed by atoms with van der Waals surface area (Å²) in [5, 5.41) is 10.3. The number of para-hydroxylation sites is 1. The number of carbonyl (C=O) groups excluding carboxylic acids is 3. The fourth-order valence-corrected chi connectivity index (χ4v) is 9.53. The first-order valence-corrected chi connectivity index (χ1v) is 15.2. The average Bonchev–Trinajstić information content (AvgIpc) is 3.60. The average molecular weight is 594 g/mol. The molecule has 2 aromatic rings. The van der Waals surface area contributed by atoms with Gasteiger partial charge in [-0.25, -0.2) is 0 Å². The number of carbonyl (C=O) groups is 3. The van der Waals surface area contributed by atoms with Crippen LogP contribution in [0.2, 0.25) is 5.02 Å². The molecule has 2 unspecified atom stereocenters. The molecule has 3 fully saturated rings. The topological polar surface area (TPSA) is 81.2 Å². The first-order valence-electron chi connectivity index (χ1n) is 14.0. The largest absolute Gasteiger partial charge is 0.395 e. The first-order chi connectivity index (χ1) is 19.8. The highest BCUT2D eigenvalue weighted by Crippen LogP contribution is 2.66. The van der Waals surface area contributed by atoms with Gasteiger partial charge in [0.05, 0.1) is 33.9 Å². The standard InChI is InChI=1S/C32H36ClN3O4S/c1-4-16-34(20-22-11-7-6-8-12-22)29(38)25-24-14-15-32(41-24)26(25)30(39)36(18-19-37)28(32)31(40)35(17-5-2)27-21(3)10-9-13-23(27)33/h4-13,24-26,28,37H,1-2,14-20H2,3H3/t24-,25+,26-,28?,32?/m0/s1. The summed E-state index contributed by atoms with van der Waals surface area (Å²) < 4.78 is -0.768. The van der Waals surface area contributed by atoms with E-state index in [9.17, 15) is 19.5 Å². The van der Waals surface area contributed by atoms with Crippen LogP contribution in [-0.4, -0.2) is 74.9 Å². The van der Waals surface area contributed by atoms with Gasteiger partial charge in [-0.3, -0.25) is 14.4 Å². The lowest BCUT2D eigenvalue weighted by Crippen LogP contribution is -2.55. The Morgan fingerprint density at radius 2 is 1.85 bits per heavy atom. The lowest BCUT2D eigenvalue weighted by molar-refractivity contribution is -0.144. The number of fused-ring (bicyclic) bond motifs is 1. The summed E-state index contributed by atoms with van der Waals surface area (Å²) in [6, 6.07) is 14.4. The maximum atomic E-state index is 14.6. The molecule has 0 saturated carbocycles. The zero-order valence-corrected chi connectivity index (χ0v) is 24.8. The van der Waals surface area contributed by atoms with Crippen LogP contribution < -0.4 is 4.90 Å². The highest BCUT2D eigenvalue weighted by atomic mass is 35.5. The fourth-order valence-electron chi connectivity index (χ4n) is 7.00. The van der Waals surface area contributed by atoms with Crippen LogP contribution in [0.15, 0.2) is 73.8 Å². The molecule has 3 aliphatic rings. The Morgan fingerprint density at radius 1 is 1.12 bits per heavy atom. The van der Waals surface area contributed by atoms with Crippen LogP contribution in [-0.2, 0) is 20.9 Å². The van der Waals surface area contributed by atoms with Gasteiger partial charge in [-0.1, -0.05) is 66.2 Å². The number of amides is 3. The quantitative estimate of drug-likeness (QED) is 0.389. The van der Waals surface area contributed by atoms with E-state index in [4.69, 9.17) is 11.6 Å². The van der Waals surface area contributed by atoms with E-state index in [1.807, 2.05) is 49.4 Å². The molecule has 5 rings (SSSR count). The Hall–Kier alpha value is -3.07. The highest BCUT2D eigenvalue weighted by Gasteiger charge is 2.74. The molecule has 0 aromatic heterocycles. The van der Waals surface area contributed by atoms with Gasteiger partial charge < -0.3 is 19.8 Å². The zero-order valence-electron chi connectivity index (χ0n) is 23.2. The van der Waals surface area contributed by atoms with Crippen molar-refractivity contribution in [3.63, 3.8) is 0 Å². The monoisotopic (exact) mass is 593 g/mol. The molecule has 216 valence electrons. The van der Waals surface area contributed by atoms with Crippen molar-refractivity contribution in [3.05, 3.63) is 90.0 Å². The number of nitrogens with zero attached hydrogens (tertiary/aromatic N) is 3. The van der Waals surface area contributed by atoms with Crippen LogP contribution in [0, 0.1) is 18.8 Å². The molecule has 1 N–H and O–H groups in total. The van der Waals surface area contributed by atoms with E-state index in [0.29, 0.717) is 30.2 Å². The number of hydrogen-bond acceptors (Lipinski definition) is 5. The minimum Gasteiger partial charge on any atom is -0.395 e. The molecular formula is C32H36ClN3O4S. The van der Waals surface area contributed by atoms with Gasteiger partial charge >= 0.3 is 0 Å². The summed E-state index contributed by atoms with van der Waals surface area (Å²) in [4.78, 5) is 47.8. The van der Waals surface area contributed by atoms with Crippen LogP contribution in [0.25, 0.3) is 0 Å². The third-order valence-electron chi connectivity index (χ3n) is 8.57. The van der Waals surface area contributed by atoms with Gasteiger partial charge in [0.25, 0.3) is 5.91 Å². The second kappa shape index (κ2) is 12.0. The van der Waals surface area contributed by atoms with E-state index in [1.54, 1.807) is 39.8 Å². The van der Waals surface area contributed by atoms with Crippen molar-refractivity contribution in [3.8, 4) is 0 Å². The van der Waals surface area contributed by atoms with Crippen LogP contribution in [0.3, 0.4) is 0 Å². The predicted molar refractivity (Wildman–Crippen MR) is 164 cm³/mol. The lowest BCUT2D eigenvalue weighted by Gasteiger charge is -2.38. The molecule has 1 spiro atoms. The molecule has 0 aliphatic carbocycles. The Kier molecular flexibility index (Phi) is 8.64. The van der Waals surface area contributed by atoms with Gasteiger partial charge in [0.2, 0.25) is 11.8 Å². The molecule has 3 aliphatic heterocycles. The summed E-state index contributed by atoms with van der Waals surface area (Å²) >= 11 is 8.22. The number of β-amino-alcohol motifs (C(OH)–C–C–N with tert-alkyl or cyclic N) is 1. The number of aryl methyl sites for hydroxylation is 1. The predicted octanol–water partition coefficient (Wildman–Crippen LogP) is 4.47. The number of rotatable bonds is 11. The number of likely N-dealkylation sites (tertiary alicyclic amines) is 1. The second-order valence-corrected chi connectivity index (χ2v) is 13.0. The molecule has 5 atom stereocenters. The number of aliphatic hydroxyl groups excluding tert-OH is 1. The number of thioether (sulfide) groups is 1. The number of hydrogen-bond donors (Lipinski definition) is 1. The first kappa shape index (κ1) is 29.4. The van der Waals surface area contributed by atoms with Crippen molar-refractivity contribution in [1.29, 1.82) is 0 Å². The highest BCUT2D eigenvalue weighted by molar-refractivity contribution is 8.02. The Labute approximate surface area is 250 Å². The Bertz CT molecular complexity index is 1330. The van der Waals surface area contributed by atoms with Crippen molar-refractivity contribution in [2.45, 2.75) is 42.3 Å². The van der Waals surface area contributed by atoms with E-state index in [-0.39, 0.29) is 42.7 Å². The van der Waals surface area contributed by atoms with Crippen molar-refractivity contribution < 1.29 is 19.5 Å². The number of aliphatic hydroxyl groups is 1. The minimum absolute atomic E-state index is 0.0173. The third kappa shape index (κ3) is 5.00. The molecule has 41 heavy (non-hydrogen) atoms. The molecule has 2 aromatic carbocycles. The normalized spacial score (nSPS) is 26.1. The van der Waals surface area contributed by atoms with Gasteiger partial charge in [-0.05, 0) is 37.0 Å². The van der Waals surface area contributed by atoms with Gasteiger partial charge in [0.15, 0.2) is 0 Å². The SMILES string of the molecule is C=CCN(Cc1ccccc1)C(=O)[C@@H]1[C@@H]2CCC3(S2)C(C(=O)N(CC=C)c2c(C)cccc2Cl)N(CCO)C(=O)[C@H]13. The van der Waals surface area contributed by atoms with Gasteiger partial charge in [0.1, 0.15) is 6.04 Å². The maximum Gasteiger partial charge on any atom is 0.251 e. The molecule has 2 bridgehead atoms. The van der Waals surface area contributed by atoms with Crippen molar-refractivity contribution in [2.24, 2.45) is 11.8 Å². The van der Waals surface area contributed by atoms with Gasteiger partial charge in [0, 0.05) is 31.4 Å². The summed E-state index contributed by atoms with van der Waals surface area (Å²) in [7, 11) is 0. The number of halogens is 1. The van der Waals surface area contributed by atoms with E-state index in [2.05, 4.69) is 13.2 Å². The van der Waals surface area contributed by atoms with E-state index < -0.39 is 22.6 Å². The Morgan fingerprint density at radius 3 is 2.51 bits per heavy atom. The Balaban J connectivity index is 1.53. The van der Waals surface area contributed by atoms with Crippen molar-refractivity contribution in [2.75, 3.05) is 31.1 Å². The summed E-state index contributed by atoms with van der Waals surface area (Å²) in [5.41, 5.74) is 2.41. The van der Waals surface area contributed by atoms with E-state index >= 15 is 0 Å². The van der Waals surface area contributed by atoms with Crippen LogP contribution >= 0.6 is 23.4 Å². The molecular weight excluding hydrogens is 558 g/mol. The van der Waals surface area contributed by atoms with Crippen LogP contribution in [0.4, 0.5) is 5.69 Å². The van der Waals surface area contributed by atoms with Crippen molar-refractivity contribution in [1.82, 2.24) is 9.80 Å². The molecule has 0 radical (unpaired) electrons. The van der Waals surface area contributed by atoms with Crippen LogP contribution in [0.1, 0.15) is 24.0 Å². The molecule has 3 saturated heterocycles. The molecule has 7 nitrogen and oxygen atoms in total. The summed E-state index contributed by atoms with van der Waals surface area (Å²) in [5.74, 6) is -1.80. The summed E-state index contributed by atoms with van der Waals surface area (Å²) in [6.07, 6.45) is 4.73. The number of anilines is 1. The number of benzene rings is 2.